The van der Waals surface area contributed by atoms with E-state index in [1.54, 1.807) is 6.08 Å². The third-order valence-electron chi connectivity index (χ3n) is 11.2. The molecule has 1 amide bonds. The number of rotatable bonds is 45. The molecule has 360 valence electrons. The van der Waals surface area contributed by atoms with Gasteiger partial charge < -0.3 is 20.3 Å². The molecule has 0 aliphatic heterocycles. The molecule has 0 rings (SSSR count). The molecule has 0 aromatic rings. The Bertz CT molecular complexity index is 1260. The number of hydrogen-bond donors (Lipinski definition) is 3. The number of esters is 1. The molecule has 0 aliphatic carbocycles. The van der Waals surface area contributed by atoms with Crippen molar-refractivity contribution >= 4 is 11.9 Å². The average Bonchev–Trinajstić information content (AvgIpc) is 3.28. The smallest absolute Gasteiger partial charge is 0.306 e. The summed E-state index contributed by atoms with van der Waals surface area (Å²) in [4.78, 5) is 26.1. The molecule has 0 saturated heterocycles. The maximum atomic E-state index is 13.2. The highest BCUT2D eigenvalue weighted by Gasteiger charge is 2.23. The Hall–Kier alpha value is -3.22. The van der Waals surface area contributed by atoms with Gasteiger partial charge in [0, 0.05) is 6.42 Å². The summed E-state index contributed by atoms with van der Waals surface area (Å²) in [7, 11) is 0. The lowest BCUT2D eigenvalue weighted by atomic mass is 10.0. The van der Waals surface area contributed by atoms with E-state index in [4.69, 9.17) is 4.74 Å². The Morgan fingerprint density at radius 2 is 0.889 bits per heavy atom. The molecule has 0 radical (unpaired) electrons. The van der Waals surface area contributed by atoms with Gasteiger partial charge in [-0.15, -0.1) is 0 Å². The summed E-state index contributed by atoms with van der Waals surface area (Å²) in [5, 5.41) is 23.7. The molecule has 0 bridgehead atoms. The highest BCUT2D eigenvalue weighted by molar-refractivity contribution is 5.78. The van der Waals surface area contributed by atoms with E-state index in [-0.39, 0.29) is 24.9 Å². The normalized spacial score (nSPS) is 14.0. The topological polar surface area (TPSA) is 95.9 Å². The summed E-state index contributed by atoms with van der Waals surface area (Å²) in [5.41, 5.74) is 0. The van der Waals surface area contributed by atoms with E-state index in [1.807, 2.05) is 6.08 Å². The van der Waals surface area contributed by atoms with Gasteiger partial charge in [-0.05, 0) is 83.1 Å². The minimum absolute atomic E-state index is 0.0598. The van der Waals surface area contributed by atoms with E-state index in [9.17, 15) is 19.8 Å². The number of amides is 1. The van der Waals surface area contributed by atoms with Gasteiger partial charge in [0.05, 0.1) is 25.2 Å². The first-order valence-electron chi connectivity index (χ1n) is 26.0. The second-order valence-electron chi connectivity index (χ2n) is 17.2. The number of carbonyl (C=O) groups is 2. The predicted octanol–water partition coefficient (Wildman–Crippen LogP) is 15.7. The van der Waals surface area contributed by atoms with Crippen LogP contribution in [0.3, 0.4) is 0 Å². The van der Waals surface area contributed by atoms with Crippen LogP contribution in [0, 0.1) is 0 Å². The fourth-order valence-electron chi connectivity index (χ4n) is 7.29. The van der Waals surface area contributed by atoms with Crippen LogP contribution in [-0.2, 0) is 14.3 Å². The number of unbranched alkanes of at least 4 members (excludes halogenated alkanes) is 19. The quantitative estimate of drug-likeness (QED) is 0.0322. The third-order valence-corrected chi connectivity index (χ3v) is 11.2. The van der Waals surface area contributed by atoms with E-state index in [2.05, 4.69) is 111 Å². The molecule has 0 saturated carbocycles. The fraction of sp³-hybridized carbons (Fsp3) is 0.684. The Kier molecular flexibility index (Phi) is 47.2. The van der Waals surface area contributed by atoms with E-state index < -0.39 is 18.2 Å². The van der Waals surface area contributed by atoms with Crippen LogP contribution in [0.1, 0.15) is 226 Å². The molecular formula is C57H97NO5. The van der Waals surface area contributed by atoms with E-state index in [0.717, 1.165) is 96.3 Å². The highest BCUT2D eigenvalue weighted by atomic mass is 16.5. The van der Waals surface area contributed by atoms with Crippen molar-refractivity contribution in [2.45, 2.75) is 244 Å². The molecule has 0 aliphatic rings. The van der Waals surface area contributed by atoms with Crippen LogP contribution < -0.4 is 5.32 Å². The Labute approximate surface area is 388 Å². The Morgan fingerprint density at radius 1 is 0.492 bits per heavy atom. The second-order valence-corrected chi connectivity index (χ2v) is 17.2. The summed E-state index contributed by atoms with van der Waals surface area (Å²) in [6.45, 7) is 6.21. The highest BCUT2D eigenvalue weighted by Crippen LogP contribution is 2.16. The lowest BCUT2D eigenvalue weighted by Crippen LogP contribution is -2.46. The zero-order valence-corrected chi connectivity index (χ0v) is 40.9. The first-order chi connectivity index (χ1) is 31.0. The van der Waals surface area contributed by atoms with Gasteiger partial charge in [-0.25, -0.2) is 0 Å². The first kappa shape index (κ1) is 59.8. The van der Waals surface area contributed by atoms with Crippen LogP contribution in [0.5, 0.6) is 0 Å². The van der Waals surface area contributed by atoms with Crippen LogP contribution in [0.15, 0.2) is 97.2 Å². The largest absolute Gasteiger partial charge is 0.458 e. The molecule has 0 fully saturated rings. The number of aliphatic hydroxyl groups excluding tert-OH is 2. The van der Waals surface area contributed by atoms with Crippen LogP contribution >= 0.6 is 0 Å². The minimum Gasteiger partial charge on any atom is -0.458 e. The Balaban J connectivity index is 4.73. The van der Waals surface area contributed by atoms with Gasteiger partial charge >= 0.3 is 5.97 Å². The molecule has 0 aromatic heterocycles. The third kappa shape index (κ3) is 45.2. The van der Waals surface area contributed by atoms with Crippen molar-refractivity contribution in [1.82, 2.24) is 5.32 Å². The number of carbonyl (C=O) groups excluding carboxylic acids is 2. The van der Waals surface area contributed by atoms with E-state index >= 15 is 0 Å². The molecule has 0 heterocycles. The summed E-state index contributed by atoms with van der Waals surface area (Å²) in [6.07, 6.45) is 66.4. The molecular weight excluding hydrogens is 779 g/mol. The molecule has 0 spiro atoms. The monoisotopic (exact) mass is 876 g/mol. The van der Waals surface area contributed by atoms with E-state index in [1.165, 1.54) is 83.5 Å². The maximum absolute atomic E-state index is 13.2. The minimum atomic E-state index is -0.828. The zero-order valence-electron chi connectivity index (χ0n) is 40.9. The van der Waals surface area contributed by atoms with Crippen LogP contribution in [0.25, 0.3) is 0 Å². The van der Waals surface area contributed by atoms with Gasteiger partial charge in [-0.1, -0.05) is 227 Å². The second kappa shape index (κ2) is 49.8. The van der Waals surface area contributed by atoms with Gasteiger partial charge in [0.25, 0.3) is 0 Å². The average molecular weight is 876 g/mol. The van der Waals surface area contributed by atoms with Crippen molar-refractivity contribution in [3.63, 3.8) is 0 Å². The van der Waals surface area contributed by atoms with Crippen molar-refractivity contribution in [3.05, 3.63) is 97.2 Å². The molecule has 3 atom stereocenters. The van der Waals surface area contributed by atoms with Crippen molar-refractivity contribution in [2.75, 3.05) is 6.61 Å². The molecule has 63 heavy (non-hydrogen) atoms. The molecule has 6 nitrogen and oxygen atoms in total. The van der Waals surface area contributed by atoms with Gasteiger partial charge in [0.2, 0.25) is 5.91 Å². The van der Waals surface area contributed by atoms with Gasteiger partial charge in [-0.3, -0.25) is 9.59 Å². The van der Waals surface area contributed by atoms with Crippen molar-refractivity contribution in [2.24, 2.45) is 0 Å². The predicted molar refractivity (Wildman–Crippen MR) is 273 cm³/mol. The molecule has 0 aromatic carbocycles. The molecule has 3 unspecified atom stereocenters. The summed E-state index contributed by atoms with van der Waals surface area (Å²) in [6, 6.07) is -0.752. The van der Waals surface area contributed by atoms with Crippen LogP contribution in [0.4, 0.5) is 0 Å². The molecule has 3 N–H and O–H groups in total. The lowest BCUT2D eigenvalue weighted by molar-refractivity contribution is -0.148. The fourth-order valence-corrected chi connectivity index (χ4v) is 7.29. The van der Waals surface area contributed by atoms with Gasteiger partial charge in [0.1, 0.15) is 6.10 Å². The number of aliphatic hydroxyl groups is 2. The standard InChI is InChI=1S/C57H97NO5/c1-4-7-10-13-16-19-22-25-28-29-31-34-37-40-43-46-49-55(60)54(52-59)58-56(61)51-53(48-45-42-39-36-33-30-26-23-20-17-14-11-8-5-2)63-57(62)50-47-44-41-38-35-32-27-24-21-18-15-12-9-6-3/h8-9,11-12,17-18,20-21,26-27,30,32,36,39,45,48,53-55,59-60H,4-7,10,13-16,19,22-25,28-29,31,33-35,37-38,40-44,46-47,49-52H2,1-3H3,(H,58,61)/b11-8+,12-9+,20-17+,21-18+,30-26+,32-27+,39-36+,48-45+. The molecule has 6 heteroatoms. The maximum Gasteiger partial charge on any atom is 0.306 e. The lowest BCUT2D eigenvalue weighted by Gasteiger charge is -2.23. The van der Waals surface area contributed by atoms with Crippen molar-refractivity contribution in [1.29, 1.82) is 0 Å². The number of ether oxygens (including phenoxy) is 1. The van der Waals surface area contributed by atoms with Crippen molar-refractivity contribution in [3.8, 4) is 0 Å². The van der Waals surface area contributed by atoms with Crippen LogP contribution in [0.2, 0.25) is 0 Å². The summed E-state index contributed by atoms with van der Waals surface area (Å²) < 4.78 is 5.81. The number of allylic oxidation sites excluding steroid dienone is 15. The Morgan fingerprint density at radius 3 is 1.35 bits per heavy atom. The van der Waals surface area contributed by atoms with Crippen LogP contribution in [-0.4, -0.2) is 46.9 Å². The van der Waals surface area contributed by atoms with Gasteiger partial charge in [0.15, 0.2) is 0 Å². The van der Waals surface area contributed by atoms with Crippen molar-refractivity contribution < 1.29 is 24.5 Å². The summed E-state index contributed by atoms with van der Waals surface area (Å²) >= 11 is 0. The summed E-state index contributed by atoms with van der Waals surface area (Å²) in [5.74, 6) is -0.660. The first-order valence-corrected chi connectivity index (χ1v) is 26.0. The van der Waals surface area contributed by atoms with Gasteiger partial charge in [-0.2, -0.15) is 0 Å². The number of nitrogens with one attached hydrogen (secondary N) is 1. The zero-order chi connectivity index (χ0) is 45.9. The number of hydrogen-bond acceptors (Lipinski definition) is 5. The SMILES string of the molecule is CC/C=C/C/C=C/C/C=C/C/C=C/C/C=C/C(CC(=O)NC(CO)C(O)CCCCCCCCCCCCCCCCCC)OC(=O)CCCCCC/C=C/C/C=C/C/C=C/CC. The van der Waals surface area contributed by atoms with E-state index in [0.29, 0.717) is 19.3 Å².